The van der Waals surface area contributed by atoms with Gasteiger partial charge in [0.2, 0.25) is 0 Å². The monoisotopic (exact) mass is 690 g/mol. The van der Waals surface area contributed by atoms with Gasteiger partial charge in [-0.3, -0.25) is 9.69 Å². The molecule has 0 saturated carbocycles. The maximum atomic E-state index is 13.4. The third-order valence-electron chi connectivity index (χ3n) is 9.39. The van der Waals surface area contributed by atoms with Gasteiger partial charge in [0.05, 0.1) is 15.6 Å². The molecular weight excluding hydrogens is 617 g/mol. The molecule has 0 spiro atoms. The molecule has 0 radical (unpaired) electrons. The average molecular weight is 691 g/mol. The van der Waals surface area contributed by atoms with Crippen LogP contribution in [-0.2, 0) is 0 Å². The van der Waals surface area contributed by atoms with Gasteiger partial charge < -0.3 is 0 Å². The van der Waals surface area contributed by atoms with E-state index >= 15 is 0 Å². The topological polar surface area (TPSA) is 20.3 Å². The maximum Gasteiger partial charge on any atom is 0.264 e. The van der Waals surface area contributed by atoms with Crippen LogP contribution in [0.1, 0.15) is 217 Å². The number of halogens is 2. The maximum absolute atomic E-state index is 13.4. The smallest absolute Gasteiger partial charge is 0.264 e. The zero-order chi connectivity index (χ0) is 34.0. The Kier molecular flexibility index (Phi) is 31.0. The van der Waals surface area contributed by atoms with Crippen molar-refractivity contribution >= 4 is 29.1 Å². The molecule has 270 valence electrons. The van der Waals surface area contributed by atoms with Crippen LogP contribution in [0.4, 0.5) is 0 Å². The van der Waals surface area contributed by atoms with E-state index in [1.165, 1.54) is 167 Å². The molecule has 0 atom stereocenters. The lowest BCUT2D eigenvalue weighted by atomic mass is 10.0. The Morgan fingerprint density at radius 1 is 0.489 bits per heavy atom. The first-order valence-electron chi connectivity index (χ1n) is 20.2. The van der Waals surface area contributed by atoms with Crippen LogP contribution in [0, 0.1) is 0 Å². The highest BCUT2D eigenvalue weighted by molar-refractivity contribution is 6.39. The Balaban J connectivity index is 2.27. The lowest BCUT2D eigenvalue weighted by Crippen LogP contribution is -2.21. The molecule has 1 rings (SSSR count). The molecule has 1 aromatic carbocycles. The zero-order valence-electron chi connectivity index (χ0n) is 30.9. The number of benzene rings is 1. The number of carbonyl (C=O) groups is 1. The fourth-order valence-electron chi connectivity index (χ4n) is 6.31. The van der Waals surface area contributed by atoms with Gasteiger partial charge in [-0.15, -0.1) is 0 Å². The lowest BCUT2D eigenvalue weighted by molar-refractivity contribution is 0.0869. The van der Waals surface area contributed by atoms with Gasteiger partial charge in [-0.05, 0) is 37.8 Å². The van der Waals surface area contributed by atoms with Gasteiger partial charge in [-0.1, -0.05) is 222 Å². The highest BCUT2D eigenvalue weighted by Crippen LogP contribution is 2.26. The second-order valence-corrected chi connectivity index (χ2v) is 14.7. The molecule has 0 bridgehead atoms. The number of carbonyl (C=O) groups excluding carboxylic acids is 1. The summed E-state index contributed by atoms with van der Waals surface area (Å²) in [6.07, 6.45) is 48.2. The molecule has 2 nitrogen and oxygen atoms in total. The Morgan fingerprint density at radius 3 is 1.06 bits per heavy atom. The summed E-state index contributed by atoms with van der Waals surface area (Å²) >= 11 is 12.8. The molecule has 0 aromatic heterocycles. The molecule has 0 N–H and O–H groups in total. The largest absolute Gasteiger partial charge is 0.291 e. The van der Waals surface area contributed by atoms with Crippen LogP contribution in [0.25, 0.3) is 0 Å². The summed E-state index contributed by atoms with van der Waals surface area (Å²) in [7, 11) is 0. The Hall–Kier alpha value is -1.25. The molecule has 0 aliphatic rings. The molecule has 1 amide bonds. The number of hydrogen-bond donors (Lipinski definition) is 0. The van der Waals surface area contributed by atoms with Crippen molar-refractivity contribution in [2.24, 2.45) is 0 Å². The summed E-state index contributed by atoms with van der Waals surface area (Å²) in [5, 5.41) is 0.793. The van der Waals surface area contributed by atoms with E-state index in [1.807, 2.05) is 12.4 Å². The molecule has 0 unspecified atom stereocenters. The third-order valence-corrected chi connectivity index (χ3v) is 10.0. The van der Waals surface area contributed by atoms with E-state index in [4.69, 9.17) is 23.2 Å². The van der Waals surface area contributed by atoms with Crippen molar-refractivity contribution in [1.82, 2.24) is 4.90 Å². The van der Waals surface area contributed by atoms with Crippen LogP contribution in [0.3, 0.4) is 0 Å². The summed E-state index contributed by atoms with van der Waals surface area (Å²) in [4.78, 5) is 15.1. The molecule has 0 fully saturated rings. The fourth-order valence-corrected chi connectivity index (χ4v) is 6.87. The van der Waals surface area contributed by atoms with Gasteiger partial charge in [0.1, 0.15) is 0 Å². The highest BCUT2D eigenvalue weighted by atomic mass is 35.5. The average Bonchev–Trinajstić information content (AvgIpc) is 3.06. The van der Waals surface area contributed by atoms with E-state index in [2.05, 4.69) is 26.0 Å². The normalized spacial score (nSPS) is 11.7. The second kappa shape index (κ2) is 33.3. The number of hydrogen-bond acceptors (Lipinski definition) is 1. The summed E-state index contributed by atoms with van der Waals surface area (Å²) in [5.41, 5.74) is 0.373. The number of rotatable bonds is 33. The first-order chi connectivity index (χ1) is 23.1. The molecule has 0 aliphatic carbocycles. The SMILES string of the molecule is CCCCCCCCCCCCCCCCC=CN(C=CCCCCCCCCCCCCCCCC)C(=O)c1c(Cl)cccc1Cl. The summed E-state index contributed by atoms with van der Waals surface area (Å²) < 4.78 is 0. The molecular formula is C43H73Cl2NO. The van der Waals surface area contributed by atoms with Crippen molar-refractivity contribution in [3.8, 4) is 0 Å². The minimum Gasteiger partial charge on any atom is -0.291 e. The second-order valence-electron chi connectivity index (χ2n) is 13.8. The zero-order valence-corrected chi connectivity index (χ0v) is 32.4. The molecule has 47 heavy (non-hydrogen) atoms. The Bertz CT molecular complexity index is 849. The van der Waals surface area contributed by atoms with Crippen molar-refractivity contribution in [2.75, 3.05) is 0 Å². The predicted molar refractivity (Wildman–Crippen MR) is 211 cm³/mol. The molecule has 0 heterocycles. The minimum absolute atomic E-state index is 0.171. The van der Waals surface area contributed by atoms with E-state index in [0.29, 0.717) is 15.6 Å². The number of nitrogens with zero attached hydrogens (tertiary/aromatic N) is 1. The van der Waals surface area contributed by atoms with Crippen molar-refractivity contribution < 1.29 is 4.79 Å². The first kappa shape index (κ1) is 43.8. The number of unbranched alkanes of at least 4 members (excludes halogenated alkanes) is 28. The standard InChI is InChI=1S/C43H73Cl2NO/c1-3-5-7-9-11-13-15-17-19-21-23-25-27-29-31-33-38-46(43(47)42-40(44)36-35-37-41(42)45)39-34-32-30-28-26-24-22-20-18-16-14-12-10-8-6-4-2/h33-39H,3-32H2,1-2H3. The molecule has 1 aromatic rings. The molecule has 0 saturated heterocycles. The highest BCUT2D eigenvalue weighted by Gasteiger charge is 2.18. The van der Waals surface area contributed by atoms with E-state index in [9.17, 15) is 4.79 Å². The quantitative estimate of drug-likeness (QED) is 0.0672. The van der Waals surface area contributed by atoms with E-state index in [-0.39, 0.29) is 5.91 Å². The third kappa shape index (κ3) is 25.4. The van der Waals surface area contributed by atoms with Crippen LogP contribution < -0.4 is 0 Å². The van der Waals surface area contributed by atoms with Gasteiger partial charge in [-0.25, -0.2) is 0 Å². The lowest BCUT2D eigenvalue weighted by Gasteiger charge is -2.16. The van der Waals surface area contributed by atoms with Crippen molar-refractivity contribution in [3.63, 3.8) is 0 Å². The van der Waals surface area contributed by atoms with Crippen molar-refractivity contribution in [1.29, 1.82) is 0 Å². The fraction of sp³-hybridized carbons (Fsp3) is 0.744. The van der Waals surface area contributed by atoms with Gasteiger partial charge in [-0.2, -0.15) is 0 Å². The number of amides is 1. The van der Waals surface area contributed by atoms with E-state index in [1.54, 1.807) is 23.1 Å². The van der Waals surface area contributed by atoms with Crippen LogP contribution in [0.2, 0.25) is 10.0 Å². The summed E-state index contributed by atoms with van der Waals surface area (Å²) in [6, 6.07) is 5.24. The van der Waals surface area contributed by atoms with Gasteiger partial charge in [0.25, 0.3) is 5.91 Å². The Labute approximate surface area is 302 Å². The summed E-state index contributed by atoms with van der Waals surface area (Å²) in [6.45, 7) is 4.57. The van der Waals surface area contributed by atoms with Gasteiger partial charge >= 0.3 is 0 Å². The van der Waals surface area contributed by atoms with Crippen molar-refractivity contribution in [2.45, 2.75) is 206 Å². The van der Waals surface area contributed by atoms with Gasteiger partial charge in [0.15, 0.2) is 0 Å². The van der Waals surface area contributed by atoms with E-state index < -0.39 is 0 Å². The van der Waals surface area contributed by atoms with Crippen LogP contribution in [-0.4, -0.2) is 10.8 Å². The van der Waals surface area contributed by atoms with Crippen molar-refractivity contribution in [3.05, 3.63) is 58.4 Å². The van der Waals surface area contributed by atoms with E-state index in [0.717, 1.165) is 25.7 Å². The van der Waals surface area contributed by atoms with Crippen LogP contribution >= 0.6 is 23.2 Å². The molecule has 0 aliphatic heterocycles. The predicted octanol–water partition coefficient (Wildman–Crippen LogP) is 16.2. The Morgan fingerprint density at radius 2 is 0.766 bits per heavy atom. The van der Waals surface area contributed by atoms with Crippen LogP contribution in [0.15, 0.2) is 42.8 Å². The minimum atomic E-state index is -0.171. The first-order valence-corrected chi connectivity index (χ1v) is 21.0. The van der Waals surface area contributed by atoms with Gasteiger partial charge in [0, 0.05) is 12.4 Å². The molecule has 4 heteroatoms. The number of allylic oxidation sites excluding steroid dienone is 2. The summed E-state index contributed by atoms with van der Waals surface area (Å²) in [5.74, 6) is -0.171. The van der Waals surface area contributed by atoms with Crippen LogP contribution in [0.5, 0.6) is 0 Å².